The van der Waals surface area contributed by atoms with Gasteiger partial charge < -0.3 is 0 Å². The molecule has 0 amide bonds. The molecule has 0 spiro atoms. The van der Waals surface area contributed by atoms with Gasteiger partial charge in [0.25, 0.3) is 0 Å². The summed E-state index contributed by atoms with van der Waals surface area (Å²) in [5.74, 6) is 1.43. The Balaban J connectivity index is 2.36. The largest absolute Gasteiger partial charge is 0.120 e. The van der Waals surface area contributed by atoms with E-state index in [4.69, 9.17) is 0 Å². The lowest BCUT2D eigenvalue weighted by Gasteiger charge is -2.32. The number of benzene rings is 2. The van der Waals surface area contributed by atoms with Gasteiger partial charge in [-0.1, -0.05) is 63.6 Å². The van der Waals surface area contributed by atoms with Gasteiger partial charge in [-0.15, -0.1) is 41.3 Å². The molecule has 0 unspecified atom stereocenters. The Kier molecular flexibility index (Phi) is 3.76. The minimum Gasteiger partial charge on any atom is -0.120 e. The summed E-state index contributed by atoms with van der Waals surface area (Å²) in [5.41, 5.74) is 2.96. The van der Waals surface area contributed by atoms with Crippen molar-refractivity contribution < 1.29 is 0 Å². The zero-order chi connectivity index (χ0) is 13.0. The van der Waals surface area contributed by atoms with E-state index >= 15 is 0 Å². The van der Waals surface area contributed by atoms with E-state index in [0.29, 0.717) is 5.41 Å². The van der Waals surface area contributed by atoms with E-state index in [1.54, 1.807) is 0 Å². The molecule has 18 heavy (non-hydrogen) atoms. The second-order valence-corrected chi connectivity index (χ2v) is 5.95. The summed E-state index contributed by atoms with van der Waals surface area (Å²) in [6, 6.07) is 21.4. The SMILES string of the molecule is CC(C)(C)C[C-](c1ccccc1)c1ccccc1. The van der Waals surface area contributed by atoms with Crippen molar-refractivity contribution in [3.63, 3.8) is 0 Å². The lowest BCUT2D eigenvalue weighted by molar-refractivity contribution is 0.397. The Hall–Kier alpha value is -1.69. The molecule has 0 aliphatic carbocycles. The van der Waals surface area contributed by atoms with Gasteiger partial charge in [-0.2, -0.15) is 0 Å². The van der Waals surface area contributed by atoms with Gasteiger partial charge in [-0.25, -0.2) is 0 Å². The van der Waals surface area contributed by atoms with Crippen LogP contribution in [0.5, 0.6) is 0 Å². The fourth-order valence-corrected chi connectivity index (χ4v) is 2.18. The quantitative estimate of drug-likeness (QED) is 0.652. The van der Waals surface area contributed by atoms with Gasteiger partial charge in [0.05, 0.1) is 0 Å². The van der Waals surface area contributed by atoms with Crippen molar-refractivity contribution in [2.45, 2.75) is 27.2 Å². The van der Waals surface area contributed by atoms with Crippen LogP contribution in [-0.4, -0.2) is 0 Å². The van der Waals surface area contributed by atoms with Crippen LogP contribution in [0.15, 0.2) is 60.7 Å². The minimum atomic E-state index is 0.293. The Morgan fingerprint density at radius 3 is 1.44 bits per heavy atom. The number of rotatable bonds is 3. The molecule has 94 valence electrons. The van der Waals surface area contributed by atoms with Crippen LogP contribution in [0.4, 0.5) is 0 Å². The zero-order valence-corrected chi connectivity index (χ0v) is 11.5. The van der Waals surface area contributed by atoms with Gasteiger partial charge in [-0.05, 0) is 5.41 Å². The van der Waals surface area contributed by atoms with Crippen LogP contribution in [0.3, 0.4) is 0 Å². The van der Waals surface area contributed by atoms with Crippen molar-refractivity contribution in [2.24, 2.45) is 5.41 Å². The monoisotopic (exact) mass is 237 g/mol. The van der Waals surface area contributed by atoms with Gasteiger partial charge in [0, 0.05) is 0 Å². The normalized spacial score (nSPS) is 11.3. The van der Waals surface area contributed by atoms with Gasteiger partial charge in [-0.3, -0.25) is 0 Å². The molecule has 2 rings (SSSR count). The van der Waals surface area contributed by atoms with E-state index in [0.717, 1.165) is 6.42 Å². The third-order valence-corrected chi connectivity index (χ3v) is 2.95. The molecule has 0 saturated carbocycles. The molecule has 0 N–H and O–H groups in total. The zero-order valence-electron chi connectivity index (χ0n) is 11.5. The third kappa shape index (κ3) is 3.40. The minimum absolute atomic E-state index is 0.293. The van der Waals surface area contributed by atoms with Gasteiger partial charge in [0.2, 0.25) is 0 Å². The van der Waals surface area contributed by atoms with E-state index in [1.165, 1.54) is 17.0 Å². The number of hydrogen-bond acceptors (Lipinski definition) is 0. The highest BCUT2D eigenvalue weighted by Crippen LogP contribution is 2.35. The van der Waals surface area contributed by atoms with E-state index in [1.807, 2.05) is 0 Å². The van der Waals surface area contributed by atoms with Crippen LogP contribution < -0.4 is 0 Å². The Labute approximate surface area is 111 Å². The van der Waals surface area contributed by atoms with Crippen molar-refractivity contribution in [2.75, 3.05) is 0 Å². The average molecular weight is 237 g/mol. The molecule has 0 aliphatic heterocycles. The lowest BCUT2D eigenvalue weighted by Crippen LogP contribution is -2.13. The Bertz CT molecular complexity index is 423. The van der Waals surface area contributed by atoms with Crippen molar-refractivity contribution in [1.29, 1.82) is 0 Å². The summed E-state index contributed by atoms with van der Waals surface area (Å²) in [6.07, 6.45) is 1.08. The van der Waals surface area contributed by atoms with Crippen LogP contribution in [0.2, 0.25) is 0 Å². The summed E-state index contributed by atoms with van der Waals surface area (Å²) in [6.45, 7) is 6.87. The average Bonchev–Trinajstić information content (AvgIpc) is 2.37. The predicted octanol–water partition coefficient (Wildman–Crippen LogP) is 5.09. The molecule has 0 atom stereocenters. The summed E-state index contributed by atoms with van der Waals surface area (Å²) in [5, 5.41) is 0. The molecular formula is C18H21-. The highest BCUT2D eigenvalue weighted by atomic mass is 14.3. The maximum Gasteiger partial charge on any atom is -0.0407 e. The smallest absolute Gasteiger partial charge is 0.0407 e. The maximum absolute atomic E-state index is 2.29. The molecule has 2 aromatic carbocycles. The van der Waals surface area contributed by atoms with Crippen molar-refractivity contribution in [3.05, 3.63) is 77.7 Å². The summed E-state index contributed by atoms with van der Waals surface area (Å²) < 4.78 is 0. The summed E-state index contributed by atoms with van der Waals surface area (Å²) >= 11 is 0. The van der Waals surface area contributed by atoms with Crippen LogP contribution in [0.25, 0.3) is 0 Å². The van der Waals surface area contributed by atoms with E-state index in [-0.39, 0.29) is 0 Å². The van der Waals surface area contributed by atoms with Gasteiger partial charge in [0.15, 0.2) is 0 Å². The maximum atomic E-state index is 2.29. The first-order chi connectivity index (χ1) is 8.56. The van der Waals surface area contributed by atoms with E-state index < -0.39 is 0 Å². The molecule has 2 aromatic rings. The molecule has 0 radical (unpaired) electrons. The van der Waals surface area contributed by atoms with Crippen molar-refractivity contribution in [3.8, 4) is 0 Å². The van der Waals surface area contributed by atoms with Crippen LogP contribution in [0, 0.1) is 11.3 Å². The second-order valence-electron chi connectivity index (χ2n) is 5.95. The first-order valence-electron chi connectivity index (χ1n) is 6.53. The van der Waals surface area contributed by atoms with Gasteiger partial charge >= 0.3 is 0 Å². The molecule has 0 aromatic heterocycles. The molecule has 0 heteroatoms. The summed E-state index contributed by atoms with van der Waals surface area (Å²) in [4.78, 5) is 0. The van der Waals surface area contributed by atoms with Gasteiger partial charge in [0.1, 0.15) is 0 Å². The van der Waals surface area contributed by atoms with Crippen LogP contribution in [0.1, 0.15) is 38.3 Å². The molecule has 0 fully saturated rings. The standard InChI is InChI=1S/C18H21/c1-18(2,3)14-17(15-10-6-4-7-11-15)16-12-8-5-9-13-16/h4-13H,14H2,1-3H3/q-1. The molecule has 0 heterocycles. The van der Waals surface area contributed by atoms with E-state index in [2.05, 4.69) is 81.4 Å². The lowest BCUT2D eigenvalue weighted by atomic mass is 9.78. The molecule has 0 saturated heterocycles. The molecule has 0 aliphatic rings. The van der Waals surface area contributed by atoms with Crippen molar-refractivity contribution in [1.82, 2.24) is 0 Å². The topological polar surface area (TPSA) is 0 Å². The highest BCUT2D eigenvalue weighted by Gasteiger charge is 2.16. The predicted molar refractivity (Wildman–Crippen MR) is 78.4 cm³/mol. The second kappa shape index (κ2) is 5.30. The fraction of sp³-hybridized carbons (Fsp3) is 0.278. The fourth-order valence-electron chi connectivity index (χ4n) is 2.18. The third-order valence-electron chi connectivity index (χ3n) is 2.95. The Morgan fingerprint density at radius 1 is 0.722 bits per heavy atom. The van der Waals surface area contributed by atoms with Crippen LogP contribution >= 0.6 is 0 Å². The first-order valence-corrected chi connectivity index (χ1v) is 6.53. The Morgan fingerprint density at radius 2 is 1.11 bits per heavy atom. The summed E-state index contributed by atoms with van der Waals surface area (Å²) in [7, 11) is 0. The van der Waals surface area contributed by atoms with E-state index in [9.17, 15) is 0 Å². The molecule has 0 nitrogen and oxygen atoms in total. The molecular weight excluding hydrogens is 216 g/mol. The highest BCUT2D eigenvalue weighted by molar-refractivity contribution is 5.45. The molecule has 0 bridgehead atoms. The van der Waals surface area contributed by atoms with Crippen molar-refractivity contribution >= 4 is 0 Å². The first kappa shape index (κ1) is 12.8. The number of hydrogen-bond donors (Lipinski definition) is 0. The van der Waals surface area contributed by atoms with Crippen LogP contribution in [-0.2, 0) is 0 Å².